The first-order valence-corrected chi connectivity index (χ1v) is 9.98. The Labute approximate surface area is 166 Å². The van der Waals surface area contributed by atoms with E-state index in [-0.39, 0.29) is 0 Å². The van der Waals surface area contributed by atoms with Gasteiger partial charge in [0.15, 0.2) is 5.82 Å². The van der Waals surface area contributed by atoms with E-state index in [1.165, 1.54) is 22.4 Å². The summed E-state index contributed by atoms with van der Waals surface area (Å²) in [7, 11) is 0. The zero-order valence-electron chi connectivity index (χ0n) is 17.1. The summed E-state index contributed by atoms with van der Waals surface area (Å²) in [4.78, 5) is 19.0. The molecular formula is C23H28N4O. The number of aromatic nitrogens is 2. The molecule has 0 unspecified atom stereocenters. The van der Waals surface area contributed by atoms with Crippen molar-refractivity contribution in [2.24, 2.45) is 11.7 Å². The van der Waals surface area contributed by atoms with Crippen molar-refractivity contribution >= 4 is 22.6 Å². The van der Waals surface area contributed by atoms with E-state index in [2.05, 4.69) is 61.4 Å². The summed E-state index contributed by atoms with van der Waals surface area (Å²) in [6, 6.07) is 10.4. The summed E-state index contributed by atoms with van der Waals surface area (Å²) in [5.74, 6) is 0.909. The summed E-state index contributed by atoms with van der Waals surface area (Å²) in [5.41, 5.74) is 12.2. The number of aryl methyl sites for hydroxylation is 1. The third-order valence-corrected chi connectivity index (χ3v) is 5.83. The van der Waals surface area contributed by atoms with Crippen LogP contribution in [0.1, 0.15) is 46.7 Å². The summed E-state index contributed by atoms with van der Waals surface area (Å²) in [6.45, 7) is 11.3. The van der Waals surface area contributed by atoms with Crippen molar-refractivity contribution in [2.45, 2.75) is 47.2 Å². The van der Waals surface area contributed by atoms with Crippen LogP contribution in [0.15, 0.2) is 30.3 Å². The zero-order valence-corrected chi connectivity index (χ0v) is 17.1. The summed E-state index contributed by atoms with van der Waals surface area (Å²) in [6.07, 6.45) is 0.975. The molecule has 28 heavy (non-hydrogen) atoms. The lowest BCUT2D eigenvalue weighted by Gasteiger charge is -2.31. The van der Waals surface area contributed by atoms with Gasteiger partial charge in [0.1, 0.15) is 5.69 Å². The second-order valence-corrected chi connectivity index (χ2v) is 8.25. The molecule has 1 aromatic carbocycles. The van der Waals surface area contributed by atoms with Gasteiger partial charge in [-0.05, 0) is 48.9 Å². The Kier molecular flexibility index (Phi) is 4.61. The van der Waals surface area contributed by atoms with Gasteiger partial charge in [-0.3, -0.25) is 4.79 Å². The highest BCUT2D eigenvalue weighted by molar-refractivity contribution is 6.00. The molecule has 146 valence electrons. The number of fused-ring (bicyclic) bond motifs is 2. The molecule has 0 aliphatic carbocycles. The second-order valence-electron chi connectivity index (χ2n) is 8.25. The minimum atomic E-state index is -0.478. The molecule has 0 fully saturated rings. The van der Waals surface area contributed by atoms with Crippen molar-refractivity contribution in [1.82, 2.24) is 9.55 Å². The van der Waals surface area contributed by atoms with E-state index in [1.54, 1.807) is 0 Å². The van der Waals surface area contributed by atoms with E-state index in [0.29, 0.717) is 11.6 Å². The number of benzene rings is 1. The van der Waals surface area contributed by atoms with Gasteiger partial charge in [-0.1, -0.05) is 38.1 Å². The topological polar surface area (TPSA) is 64.2 Å². The fraction of sp³-hybridized carbons (Fsp3) is 0.391. The minimum absolute atomic E-state index is 0.339. The minimum Gasteiger partial charge on any atom is -0.364 e. The molecule has 0 saturated carbocycles. The van der Waals surface area contributed by atoms with Crippen molar-refractivity contribution in [1.29, 1.82) is 0 Å². The molecule has 0 spiro atoms. The van der Waals surface area contributed by atoms with Crippen LogP contribution in [0.25, 0.3) is 10.9 Å². The molecule has 0 saturated heterocycles. The van der Waals surface area contributed by atoms with Crippen molar-refractivity contribution in [3.8, 4) is 0 Å². The largest absolute Gasteiger partial charge is 0.364 e. The molecule has 2 N–H and O–H groups in total. The molecule has 1 amide bonds. The number of pyridine rings is 1. The highest BCUT2D eigenvalue weighted by atomic mass is 16.1. The lowest BCUT2D eigenvalue weighted by Crippen LogP contribution is -2.32. The number of amides is 1. The molecule has 3 aromatic rings. The van der Waals surface area contributed by atoms with Gasteiger partial charge in [-0.25, -0.2) is 4.98 Å². The molecule has 0 atom stereocenters. The van der Waals surface area contributed by atoms with Crippen LogP contribution in [0, 0.1) is 19.8 Å². The number of primary amides is 1. The van der Waals surface area contributed by atoms with Gasteiger partial charge in [-0.15, -0.1) is 0 Å². The SMILES string of the molecule is Cc1c(C)n(CC(C)C)c2c(N3CCc4ccccc4C3)nc(C(N)=O)cc12. The van der Waals surface area contributed by atoms with E-state index in [0.717, 1.165) is 42.8 Å². The van der Waals surface area contributed by atoms with E-state index in [4.69, 9.17) is 10.7 Å². The smallest absolute Gasteiger partial charge is 0.267 e. The Bertz CT molecular complexity index is 1060. The van der Waals surface area contributed by atoms with Gasteiger partial charge < -0.3 is 15.2 Å². The summed E-state index contributed by atoms with van der Waals surface area (Å²) < 4.78 is 2.36. The lowest BCUT2D eigenvalue weighted by molar-refractivity contribution is 0.0996. The fourth-order valence-electron chi connectivity index (χ4n) is 4.26. The standard InChI is InChI=1S/C23H28N4O/c1-14(2)12-27-16(4)15(3)19-11-20(22(24)28)25-23(21(19)27)26-10-9-17-7-5-6-8-18(17)13-26/h5-8,11,14H,9-10,12-13H2,1-4H3,(H2,24,28). The van der Waals surface area contributed by atoms with Crippen molar-refractivity contribution < 1.29 is 4.79 Å². The van der Waals surface area contributed by atoms with Gasteiger partial charge in [0.05, 0.1) is 5.52 Å². The average Bonchev–Trinajstić information content (AvgIpc) is 2.91. The summed E-state index contributed by atoms with van der Waals surface area (Å²) >= 11 is 0. The average molecular weight is 377 g/mol. The number of carbonyl (C=O) groups is 1. The Balaban J connectivity index is 1.93. The van der Waals surface area contributed by atoms with Crippen LogP contribution >= 0.6 is 0 Å². The Morgan fingerprint density at radius 3 is 2.61 bits per heavy atom. The number of nitrogens with zero attached hydrogens (tertiary/aromatic N) is 3. The Hall–Kier alpha value is -2.82. The van der Waals surface area contributed by atoms with Crippen molar-refractivity contribution in [2.75, 3.05) is 11.4 Å². The molecule has 4 rings (SSSR count). The number of anilines is 1. The molecule has 2 aromatic heterocycles. The van der Waals surface area contributed by atoms with Crippen LogP contribution < -0.4 is 10.6 Å². The van der Waals surface area contributed by atoms with E-state index < -0.39 is 5.91 Å². The summed E-state index contributed by atoms with van der Waals surface area (Å²) in [5, 5.41) is 1.08. The van der Waals surface area contributed by atoms with Crippen LogP contribution in [-0.2, 0) is 19.5 Å². The van der Waals surface area contributed by atoms with Gasteiger partial charge in [0, 0.05) is 30.7 Å². The third kappa shape index (κ3) is 3.05. The number of carbonyl (C=O) groups excluding carboxylic acids is 1. The monoisotopic (exact) mass is 376 g/mol. The van der Waals surface area contributed by atoms with Crippen LogP contribution in [-0.4, -0.2) is 22.0 Å². The Morgan fingerprint density at radius 2 is 1.93 bits per heavy atom. The van der Waals surface area contributed by atoms with E-state index >= 15 is 0 Å². The van der Waals surface area contributed by atoms with E-state index in [9.17, 15) is 4.79 Å². The molecule has 5 nitrogen and oxygen atoms in total. The first-order valence-electron chi connectivity index (χ1n) is 9.98. The normalized spacial score (nSPS) is 14.0. The molecule has 3 heterocycles. The van der Waals surface area contributed by atoms with Crippen LogP contribution in [0.5, 0.6) is 0 Å². The number of rotatable bonds is 4. The van der Waals surface area contributed by atoms with Gasteiger partial charge in [-0.2, -0.15) is 0 Å². The third-order valence-electron chi connectivity index (χ3n) is 5.83. The van der Waals surface area contributed by atoms with Gasteiger partial charge in [0.2, 0.25) is 0 Å². The molecule has 0 bridgehead atoms. The molecular weight excluding hydrogens is 348 g/mol. The van der Waals surface area contributed by atoms with Crippen LogP contribution in [0.2, 0.25) is 0 Å². The number of hydrogen-bond acceptors (Lipinski definition) is 3. The zero-order chi connectivity index (χ0) is 20.0. The lowest BCUT2D eigenvalue weighted by atomic mass is 10.00. The highest BCUT2D eigenvalue weighted by Gasteiger charge is 2.25. The van der Waals surface area contributed by atoms with Crippen LogP contribution in [0.3, 0.4) is 0 Å². The predicted molar refractivity (Wildman–Crippen MR) is 114 cm³/mol. The number of nitrogens with two attached hydrogens (primary N) is 1. The quantitative estimate of drug-likeness (QED) is 0.749. The maximum Gasteiger partial charge on any atom is 0.267 e. The molecule has 1 aliphatic heterocycles. The predicted octanol–water partition coefficient (Wildman–Crippen LogP) is 3.97. The highest BCUT2D eigenvalue weighted by Crippen LogP contribution is 2.35. The first-order chi connectivity index (χ1) is 13.4. The number of hydrogen-bond donors (Lipinski definition) is 1. The van der Waals surface area contributed by atoms with E-state index in [1.807, 2.05) is 6.07 Å². The molecule has 1 aliphatic rings. The molecule has 5 heteroatoms. The maximum atomic E-state index is 12.0. The molecule has 0 radical (unpaired) electrons. The van der Waals surface area contributed by atoms with Gasteiger partial charge in [0.25, 0.3) is 5.91 Å². The first kappa shape index (κ1) is 18.5. The Morgan fingerprint density at radius 1 is 1.21 bits per heavy atom. The maximum absolute atomic E-state index is 12.0. The van der Waals surface area contributed by atoms with Crippen molar-refractivity contribution in [3.05, 3.63) is 58.4 Å². The fourth-order valence-corrected chi connectivity index (χ4v) is 4.26. The van der Waals surface area contributed by atoms with Gasteiger partial charge >= 0.3 is 0 Å². The van der Waals surface area contributed by atoms with Crippen LogP contribution in [0.4, 0.5) is 5.82 Å². The second kappa shape index (κ2) is 6.97. The van der Waals surface area contributed by atoms with Crippen molar-refractivity contribution in [3.63, 3.8) is 0 Å².